The van der Waals surface area contributed by atoms with Crippen LogP contribution in [0.2, 0.25) is 0 Å². The lowest BCUT2D eigenvalue weighted by Crippen LogP contribution is -2.00. The second-order valence-corrected chi connectivity index (χ2v) is 5.80. The molecule has 1 unspecified atom stereocenters. The lowest BCUT2D eigenvalue weighted by atomic mass is 10.4. The molecule has 56 valence electrons. The van der Waals surface area contributed by atoms with Crippen molar-refractivity contribution in [2.75, 3.05) is 12.3 Å². The third kappa shape index (κ3) is 3.20. The maximum atomic E-state index is 2.39. The molecule has 9 heavy (non-hydrogen) atoms. The third-order valence-corrected chi connectivity index (χ3v) is 5.26. The SMILES string of the molecule is CCC(C)P(CC)CC. The first kappa shape index (κ1) is 9.43. The Balaban J connectivity index is 3.50. The maximum absolute atomic E-state index is 2.39. The van der Waals surface area contributed by atoms with E-state index in [-0.39, 0.29) is 0 Å². The van der Waals surface area contributed by atoms with Crippen molar-refractivity contribution in [1.29, 1.82) is 0 Å². The number of rotatable bonds is 4. The third-order valence-electron chi connectivity index (χ3n) is 2.03. The number of hydrogen-bond donors (Lipinski definition) is 0. The lowest BCUT2D eigenvalue weighted by molar-refractivity contribution is 0.887. The van der Waals surface area contributed by atoms with Crippen molar-refractivity contribution in [3.63, 3.8) is 0 Å². The average molecular weight is 146 g/mol. The normalized spacial score (nSPS) is 14.3. The number of hydrogen-bond acceptors (Lipinski definition) is 0. The Hall–Kier alpha value is 0.430. The van der Waals surface area contributed by atoms with Gasteiger partial charge in [0.2, 0.25) is 0 Å². The van der Waals surface area contributed by atoms with E-state index >= 15 is 0 Å². The minimum Gasteiger partial charge on any atom is -0.104 e. The van der Waals surface area contributed by atoms with Crippen molar-refractivity contribution in [1.82, 2.24) is 0 Å². The first-order chi connectivity index (χ1) is 4.26. The van der Waals surface area contributed by atoms with Gasteiger partial charge in [0.25, 0.3) is 0 Å². The van der Waals surface area contributed by atoms with E-state index < -0.39 is 0 Å². The fourth-order valence-electron chi connectivity index (χ4n) is 1.11. The molecule has 0 amide bonds. The predicted octanol–water partition coefficient (Wildman–Crippen LogP) is 3.31. The van der Waals surface area contributed by atoms with Crippen LogP contribution in [-0.4, -0.2) is 18.0 Å². The molecule has 0 aromatic carbocycles. The van der Waals surface area contributed by atoms with E-state index in [0.29, 0.717) is 7.92 Å². The van der Waals surface area contributed by atoms with Gasteiger partial charge in [-0.2, -0.15) is 0 Å². The van der Waals surface area contributed by atoms with Gasteiger partial charge in [-0.25, -0.2) is 0 Å². The highest BCUT2D eigenvalue weighted by Crippen LogP contribution is 2.41. The minimum absolute atomic E-state index is 0.382. The van der Waals surface area contributed by atoms with Crippen LogP contribution in [0.15, 0.2) is 0 Å². The maximum Gasteiger partial charge on any atom is -0.0240 e. The highest BCUT2D eigenvalue weighted by atomic mass is 31.1. The van der Waals surface area contributed by atoms with Crippen LogP contribution >= 0.6 is 7.92 Å². The van der Waals surface area contributed by atoms with E-state index in [1.807, 2.05) is 0 Å². The van der Waals surface area contributed by atoms with Gasteiger partial charge in [0.15, 0.2) is 0 Å². The van der Waals surface area contributed by atoms with Gasteiger partial charge in [0.1, 0.15) is 0 Å². The van der Waals surface area contributed by atoms with Gasteiger partial charge < -0.3 is 0 Å². The summed E-state index contributed by atoms with van der Waals surface area (Å²) in [6, 6.07) is 0. The van der Waals surface area contributed by atoms with Crippen LogP contribution in [0.25, 0.3) is 0 Å². The molecular weight excluding hydrogens is 127 g/mol. The average Bonchev–Trinajstić information content (AvgIpc) is 1.90. The first-order valence-corrected chi connectivity index (χ1v) is 5.78. The molecule has 0 heterocycles. The summed E-state index contributed by atoms with van der Waals surface area (Å²) in [6.07, 6.45) is 4.20. The quantitative estimate of drug-likeness (QED) is 0.534. The van der Waals surface area contributed by atoms with Crippen molar-refractivity contribution in [3.05, 3.63) is 0 Å². The van der Waals surface area contributed by atoms with Gasteiger partial charge in [0.05, 0.1) is 0 Å². The Kier molecular flexibility index (Phi) is 5.48. The van der Waals surface area contributed by atoms with Crippen LogP contribution in [0.5, 0.6) is 0 Å². The molecule has 0 saturated heterocycles. The summed E-state index contributed by atoms with van der Waals surface area (Å²) < 4.78 is 0. The van der Waals surface area contributed by atoms with Crippen LogP contribution in [0.4, 0.5) is 0 Å². The van der Waals surface area contributed by atoms with Crippen molar-refractivity contribution >= 4 is 7.92 Å². The first-order valence-electron chi connectivity index (χ1n) is 4.00. The molecule has 0 nitrogen and oxygen atoms in total. The largest absolute Gasteiger partial charge is 0.104 e. The summed E-state index contributed by atoms with van der Waals surface area (Å²) in [7, 11) is 0.382. The highest BCUT2D eigenvalue weighted by Gasteiger charge is 2.08. The van der Waals surface area contributed by atoms with E-state index in [0.717, 1.165) is 5.66 Å². The Bertz CT molecular complexity index is 57.6. The molecule has 0 aliphatic heterocycles. The summed E-state index contributed by atoms with van der Waals surface area (Å²) in [5.74, 6) is 0. The van der Waals surface area contributed by atoms with Crippen molar-refractivity contribution in [3.8, 4) is 0 Å². The smallest absolute Gasteiger partial charge is 0.0240 e. The van der Waals surface area contributed by atoms with E-state index in [4.69, 9.17) is 0 Å². The molecule has 0 bridgehead atoms. The zero-order chi connectivity index (χ0) is 7.28. The molecule has 1 heteroatoms. The van der Waals surface area contributed by atoms with Gasteiger partial charge in [0, 0.05) is 0 Å². The Labute approximate surface area is 60.8 Å². The second-order valence-electron chi connectivity index (χ2n) is 2.48. The monoisotopic (exact) mass is 146 g/mol. The van der Waals surface area contributed by atoms with E-state index in [9.17, 15) is 0 Å². The van der Waals surface area contributed by atoms with Crippen LogP contribution < -0.4 is 0 Å². The fraction of sp³-hybridized carbons (Fsp3) is 1.00. The highest BCUT2D eigenvalue weighted by molar-refractivity contribution is 7.58. The summed E-state index contributed by atoms with van der Waals surface area (Å²) >= 11 is 0. The van der Waals surface area contributed by atoms with Crippen LogP contribution in [-0.2, 0) is 0 Å². The summed E-state index contributed by atoms with van der Waals surface area (Å²) in [5.41, 5.74) is 0.995. The summed E-state index contributed by atoms with van der Waals surface area (Å²) in [5, 5.41) is 0. The van der Waals surface area contributed by atoms with Crippen molar-refractivity contribution < 1.29 is 0 Å². The molecule has 0 saturated carbocycles. The molecular formula is C8H19P. The summed E-state index contributed by atoms with van der Waals surface area (Å²) in [4.78, 5) is 0. The van der Waals surface area contributed by atoms with Crippen molar-refractivity contribution in [2.45, 2.75) is 39.8 Å². The van der Waals surface area contributed by atoms with Gasteiger partial charge in [-0.05, 0) is 24.4 Å². The Morgan fingerprint density at radius 3 is 1.67 bits per heavy atom. The zero-order valence-electron chi connectivity index (χ0n) is 7.15. The van der Waals surface area contributed by atoms with Gasteiger partial charge in [-0.3, -0.25) is 0 Å². The van der Waals surface area contributed by atoms with Crippen LogP contribution in [0.1, 0.15) is 34.1 Å². The Morgan fingerprint density at radius 2 is 1.56 bits per heavy atom. The van der Waals surface area contributed by atoms with Crippen LogP contribution in [0, 0.1) is 0 Å². The Morgan fingerprint density at radius 1 is 1.11 bits per heavy atom. The molecule has 0 aliphatic carbocycles. The topological polar surface area (TPSA) is 0 Å². The minimum atomic E-state index is 0.382. The fourth-order valence-corrected chi connectivity index (χ4v) is 3.32. The molecule has 0 aliphatic rings. The molecule has 0 spiro atoms. The summed E-state index contributed by atoms with van der Waals surface area (Å²) in [6.45, 7) is 9.33. The van der Waals surface area contributed by atoms with E-state index in [2.05, 4.69) is 27.7 Å². The molecule has 0 aromatic rings. The standard InChI is InChI=1S/C8H19P/c1-5-8(4)9(6-2)7-3/h8H,5-7H2,1-4H3. The van der Waals surface area contributed by atoms with Crippen LogP contribution in [0.3, 0.4) is 0 Å². The van der Waals surface area contributed by atoms with E-state index in [1.54, 1.807) is 0 Å². The second kappa shape index (κ2) is 5.23. The van der Waals surface area contributed by atoms with E-state index in [1.165, 1.54) is 18.7 Å². The molecule has 1 atom stereocenters. The molecule has 0 fully saturated rings. The van der Waals surface area contributed by atoms with Crippen molar-refractivity contribution in [2.24, 2.45) is 0 Å². The predicted molar refractivity (Wildman–Crippen MR) is 47.8 cm³/mol. The molecule has 0 N–H and O–H groups in total. The molecule has 0 aromatic heterocycles. The van der Waals surface area contributed by atoms with Gasteiger partial charge in [-0.1, -0.05) is 27.7 Å². The molecule has 0 rings (SSSR count). The molecule has 0 radical (unpaired) electrons. The zero-order valence-corrected chi connectivity index (χ0v) is 8.04. The van der Waals surface area contributed by atoms with Gasteiger partial charge >= 0.3 is 0 Å². The van der Waals surface area contributed by atoms with Gasteiger partial charge in [-0.15, -0.1) is 7.92 Å². The lowest BCUT2D eigenvalue weighted by Gasteiger charge is -2.19.